The molecule has 4 rings (SSSR count). The van der Waals surface area contributed by atoms with Crippen LogP contribution in [0.5, 0.6) is 0 Å². The summed E-state index contributed by atoms with van der Waals surface area (Å²) in [5.74, 6) is -0.644. The molecule has 0 aliphatic carbocycles. The average Bonchev–Trinajstić information content (AvgIpc) is 3.02. The van der Waals surface area contributed by atoms with Gasteiger partial charge in [-0.2, -0.15) is 4.39 Å². The number of urea groups is 1. The molecule has 10 heteroatoms. The first kappa shape index (κ1) is 16.1. The molecule has 3 aromatic rings. The number of amides is 2. The average molecular weight is 357 g/mol. The number of fused-ring (bicyclic) bond motifs is 1. The summed E-state index contributed by atoms with van der Waals surface area (Å²) >= 11 is 0. The quantitative estimate of drug-likeness (QED) is 0.596. The maximum atomic E-state index is 13.1. The number of halogens is 1. The lowest BCUT2D eigenvalue weighted by atomic mass is 10.2. The second-order valence-corrected chi connectivity index (χ2v) is 5.90. The van der Waals surface area contributed by atoms with Crippen LogP contribution in [0.3, 0.4) is 0 Å². The summed E-state index contributed by atoms with van der Waals surface area (Å²) < 4.78 is 13.1. The van der Waals surface area contributed by atoms with Crippen LogP contribution in [0.1, 0.15) is 0 Å². The van der Waals surface area contributed by atoms with Gasteiger partial charge in [-0.25, -0.2) is 19.6 Å². The molecule has 0 atom stereocenters. The highest BCUT2D eigenvalue weighted by Gasteiger charge is 2.23. The van der Waals surface area contributed by atoms with Gasteiger partial charge in [0.1, 0.15) is 5.52 Å². The van der Waals surface area contributed by atoms with Crippen LogP contribution in [-0.2, 0) is 0 Å². The first-order valence-electron chi connectivity index (χ1n) is 8.09. The van der Waals surface area contributed by atoms with Crippen molar-refractivity contribution in [1.82, 2.24) is 24.8 Å². The molecule has 1 fully saturated rings. The van der Waals surface area contributed by atoms with E-state index in [-0.39, 0.29) is 11.7 Å². The molecule has 0 unspecified atom stereocenters. The largest absolute Gasteiger partial charge is 0.366 e. The van der Waals surface area contributed by atoms with Gasteiger partial charge in [0, 0.05) is 50.3 Å². The number of carbonyl (C=O) groups excluding carboxylic acids is 1. The number of pyridine rings is 2. The summed E-state index contributed by atoms with van der Waals surface area (Å²) in [6.07, 6.45) is 2.94. The van der Waals surface area contributed by atoms with Crippen molar-refractivity contribution >= 4 is 28.6 Å². The number of aromatic amines is 2. The maximum absolute atomic E-state index is 13.1. The molecule has 1 aliphatic rings. The van der Waals surface area contributed by atoms with Gasteiger partial charge in [0.15, 0.2) is 5.65 Å². The number of anilines is 2. The number of hydrogen-bond acceptors (Lipinski definition) is 5. The van der Waals surface area contributed by atoms with Crippen molar-refractivity contribution in [1.29, 1.82) is 0 Å². The molecule has 134 valence electrons. The number of rotatable bonds is 2. The highest BCUT2D eigenvalue weighted by molar-refractivity contribution is 5.90. The summed E-state index contributed by atoms with van der Waals surface area (Å²) in [7, 11) is 0. The number of nitrogens with one attached hydrogen (secondary N) is 3. The number of H-pyrrole nitrogens is 2. The molecule has 3 aromatic heterocycles. The monoisotopic (exact) mass is 357 g/mol. The zero-order valence-corrected chi connectivity index (χ0v) is 13.7. The van der Waals surface area contributed by atoms with Crippen LogP contribution >= 0.6 is 0 Å². The first-order chi connectivity index (χ1) is 12.6. The van der Waals surface area contributed by atoms with Crippen LogP contribution in [0.15, 0.2) is 35.4 Å². The van der Waals surface area contributed by atoms with Crippen molar-refractivity contribution in [2.75, 3.05) is 36.4 Å². The van der Waals surface area contributed by atoms with Crippen molar-refractivity contribution in [3.05, 3.63) is 47.0 Å². The van der Waals surface area contributed by atoms with E-state index in [1.54, 1.807) is 11.1 Å². The Morgan fingerprint density at radius 1 is 1.12 bits per heavy atom. The summed E-state index contributed by atoms with van der Waals surface area (Å²) in [5.41, 5.74) is 2.09. The maximum Gasteiger partial charge on any atom is 0.325 e. The molecule has 2 amide bonds. The van der Waals surface area contributed by atoms with Gasteiger partial charge in [-0.1, -0.05) is 0 Å². The Labute approximate surface area is 146 Å². The third kappa shape index (κ3) is 3.08. The lowest BCUT2D eigenvalue weighted by Gasteiger charge is -2.36. The molecular formula is C16H16FN7O2. The second-order valence-electron chi connectivity index (χ2n) is 5.90. The number of piperazine rings is 1. The van der Waals surface area contributed by atoms with Crippen LogP contribution in [0.4, 0.5) is 20.6 Å². The molecule has 9 nitrogen and oxygen atoms in total. The molecule has 0 bridgehead atoms. The minimum absolute atomic E-state index is 0.287. The first-order valence-corrected chi connectivity index (χ1v) is 8.09. The van der Waals surface area contributed by atoms with Gasteiger partial charge >= 0.3 is 11.7 Å². The zero-order chi connectivity index (χ0) is 18.1. The van der Waals surface area contributed by atoms with E-state index >= 15 is 0 Å². The number of imidazole rings is 1. The molecule has 0 aromatic carbocycles. The van der Waals surface area contributed by atoms with Crippen molar-refractivity contribution in [3.63, 3.8) is 0 Å². The third-order valence-electron chi connectivity index (χ3n) is 4.28. The van der Waals surface area contributed by atoms with E-state index in [0.29, 0.717) is 43.0 Å². The Balaban J connectivity index is 1.43. The number of nitrogens with zero attached hydrogens (tertiary/aromatic N) is 4. The van der Waals surface area contributed by atoms with Crippen LogP contribution in [0.25, 0.3) is 11.2 Å². The number of aromatic nitrogens is 4. The van der Waals surface area contributed by atoms with Gasteiger partial charge in [0.05, 0.1) is 5.69 Å². The van der Waals surface area contributed by atoms with Crippen molar-refractivity contribution in [2.45, 2.75) is 0 Å². The molecule has 0 spiro atoms. The Morgan fingerprint density at radius 3 is 2.65 bits per heavy atom. The molecule has 3 N–H and O–H groups in total. The van der Waals surface area contributed by atoms with Gasteiger partial charge in [0.2, 0.25) is 5.95 Å². The zero-order valence-electron chi connectivity index (χ0n) is 13.7. The SMILES string of the molecule is O=C(Nc1ccnc(F)c1)N1CCN(c2ccnc3[nH]c(=O)[nH]c23)CC1. The predicted octanol–water partition coefficient (Wildman–Crippen LogP) is 1.14. The van der Waals surface area contributed by atoms with Crippen molar-refractivity contribution < 1.29 is 9.18 Å². The molecule has 1 saturated heterocycles. The van der Waals surface area contributed by atoms with Crippen molar-refractivity contribution in [3.8, 4) is 0 Å². The molecule has 0 radical (unpaired) electrons. The third-order valence-corrected chi connectivity index (χ3v) is 4.28. The lowest BCUT2D eigenvalue weighted by molar-refractivity contribution is 0.208. The lowest BCUT2D eigenvalue weighted by Crippen LogP contribution is -2.50. The summed E-state index contributed by atoms with van der Waals surface area (Å²) in [4.78, 5) is 40.6. The minimum atomic E-state index is -0.644. The normalized spacial score (nSPS) is 14.7. The van der Waals surface area contributed by atoms with Gasteiger partial charge in [0.25, 0.3) is 0 Å². The topological polar surface area (TPSA) is 110 Å². The van der Waals surface area contributed by atoms with Crippen molar-refractivity contribution in [2.24, 2.45) is 0 Å². The van der Waals surface area contributed by atoms with E-state index in [4.69, 9.17) is 0 Å². The van der Waals surface area contributed by atoms with Gasteiger partial charge < -0.3 is 20.1 Å². The Bertz CT molecular complexity index is 1010. The van der Waals surface area contributed by atoms with Gasteiger partial charge in [-0.15, -0.1) is 0 Å². The fourth-order valence-corrected chi connectivity index (χ4v) is 3.02. The smallest absolute Gasteiger partial charge is 0.325 e. The fourth-order valence-electron chi connectivity index (χ4n) is 3.02. The highest BCUT2D eigenvalue weighted by atomic mass is 19.1. The number of carbonyl (C=O) groups is 1. The molecular weight excluding hydrogens is 341 g/mol. The van der Waals surface area contributed by atoms with E-state index in [9.17, 15) is 14.0 Å². The van der Waals surface area contributed by atoms with Gasteiger partial charge in [-0.3, -0.25) is 4.98 Å². The highest BCUT2D eigenvalue weighted by Crippen LogP contribution is 2.23. The molecule has 1 aliphatic heterocycles. The summed E-state index contributed by atoms with van der Waals surface area (Å²) in [6.45, 7) is 2.20. The minimum Gasteiger partial charge on any atom is -0.366 e. The fraction of sp³-hybridized carbons (Fsp3) is 0.250. The Morgan fingerprint density at radius 2 is 1.88 bits per heavy atom. The van der Waals surface area contributed by atoms with Crippen LogP contribution in [0, 0.1) is 5.95 Å². The second kappa shape index (κ2) is 6.47. The van der Waals surface area contributed by atoms with E-state index < -0.39 is 5.95 Å². The standard InChI is InChI=1S/C16H16FN7O2/c17-12-9-10(1-3-18-12)20-16(26)24-7-5-23(6-8-24)11-2-4-19-14-13(11)21-15(25)22-14/h1-4,9H,5-8H2,(H,18,20,26)(H2,19,21,22,25). The van der Waals surface area contributed by atoms with Crippen LogP contribution in [-0.4, -0.2) is 57.0 Å². The van der Waals surface area contributed by atoms with Crippen LogP contribution < -0.4 is 15.9 Å². The van der Waals surface area contributed by atoms with E-state index in [1.165, 1.54) is 18.3 Å². The Hall–Kier alpha value is -3.43. The van der Waals surface area contributed by atoms with E-state index in [0.717, 1.165) is 5.69 Å². The summed E-state index contributed by atoms with van der Waals surface area (Å²) in [5, 5.41) is 2.67. The molecule has 26 heavy (non-hydrogen) atoms. The molecule has 0 saturated carbocycles. The van der Waals surface area contributed by atoms with E-state index in [2.05, 4.69) is 30.2 Å². The van der Waals surface area contributed by atoms with E-state index in [1.807, 2.05) is 6.07 Å². The van der Waals surface area contributed by atoms with Crippen LogP contribution in [0.2, 0.25) is 0 Å². The Kier molecular flexibility index (Phi) is 3.99. The molecule has 4 heterocycles. The van der Waals surface area contributed by atoms with Gasteiger partial charge in [-0.05, 0) is 12.1 Å². The summed E-state index contributed by atoms with van der Waals surface area (Å²) in [6, 6.07) is 4.25. The number of hydrogen-bond donors (Lipinski definition) is 3. The predicted molar refractivity (Wildman–Crippen MR) is 93.7 cm³/mol.